The quantitative estimate of drug-likeness (QED) is 0.704. The van der Waals surface area contributed by atoms with E-state index in [-0.39, 0.29) is 28.7 Å². The second-order valence-electron chi connectivity index (χ2n) is 7.09. The molecule has 30 heavy (non-hydrogen) atoms. The fourth-order valence-electron chi connectivity index (χ4n) is 3.32. The van der Waals surface area contributed by atoms with Crippen LogP contribution in [0.15, 0.2) is 47.5 Å². The van der Waals surface area contributed by atoms with Gasteiger partial charge in [0.2, 0.25) is 0 Å². The van der Waals surface area contributed by atoms with Gasteiger partial charge in [0.1, 0.15) is 5.75 Å². The highest BCUT2D eigenvalue weighted by Gasteiger charge is 2.42. The van der Waals surface area contributed by atoms with E-state index in [0.29, 0.717) is 28.0 Å². The summed E-state index contributed by atoms with van der Waals surface area (Å²) in [4.78, 5) is 17.0. The minimum absolute atomic E-state index is 0.0627. The molecule has 2 N–H and O–H groups in total. The van der Waals surface area contributed by atoms with Crippen LogP contribution in [0.5, 0.6) is 5.75 Å². The first-order valence-electron chi connectivity index (χ1n) is 9.25. The van der Waals surface area contributed by atoms with E-state index in [2.05, 4.69) is 15.6 Å². The van der Waals surface area contributed by atoms with Crippen molar-refractivity contribution in [2.24, 2.45) is 4.99 Å². The molecule has 0 saturated carbocycles. The van der Waals surface area contributed by atoms with Crippen molar-refractivity contribution in [3.8, 4) is 5.75 Å². The van der Waals surface area contributed by atoms with Gasteiger partial charge in [0.05, 0.1) is 35.4 Å². The lowest BCUT2D eigenvalue weighted by Crippen LogP contribution is -2.23. The van der Waals surface area contributed by atoms with Crippen LogP contribution in [0.4, 0.5) is 5.69 Å². The smallest absolute Gasteiger partial charge is 0.251 e. The number of aliphatic imine (C=N–C) groups is 1. The van der Waals surface area contributed by atoms with Crippen molar-refractivity contribution in [3.05, 3.63) is 58.6 Å². The Hall–Kier alpha value is -2.23. The standard InChI is InChI=1S/C20H20ClN3O4S2/c1-28-14-5-2-12(3-6-14)9-22-19(25)13-4-7-15(21)16(8-13)23-20-24-17-10-30(26,27)11-18(17)29-20/h2-8,17-18H,9-11H2,1H3,(H,22,25)(H,23,24)/t17-,18+/m1/s1. The van der Waals surface area contributed by atoms with Crippen LogP contribution < -0.4 is 15.4 Å². The number of amides is 1. The molecule has 0 radical (unpaired) electrons. The molecule has 0 spiro atoms. The van der Waals surface area contributed by atoms with Crippen LogP contribution in [0.1, 0.15) is 15.9 Å². The molecule has 2 heterocycles. The Morgan fingerprint density at radius 1 is 1.23 bits per heavy atom. The van der Waals surface area contributed by atoms with E-state index in [9.17, 15) is 13.2 Å². The predicted octanol–water partition coefficient (Wildman–Crippen LogP) is 2.96. The van der Waals surface area contributed by atoms with Crippen molar-refractivity contribution in [1.29, 1.82) is 0 Å². The Kier molecular flexibility index (Phi) is 5.95. The number of halogens is 1. The van der Waals surface area contributed by atoms with Crippen LogP contribution in [0, 0.1) is 0 Å². The van der Waals surface area contributed by atoms with Gasteiger partial charge in [-0.25, -0.2) is 8.42 Å². The summed E-state index contributed by atoms with van der Waals surface area (Å²) < 4.78 is 28.5. The van der Waals surface area contributed by atoms with Gasteiger partial charge in [-0.05, 0) is 35.9 Å². The number of ether oxygens (including phenoxy) is 1. The lowest BCUT2D eigenvalue weighted by molar-refractivity contribution is 0.0951. The lowest BCUT2D eigenvalue weighted by atomic mass is 10.1. The van der Waals surface area contributed by atoms with Crippen LogP contribution in [-0.2, 0) is 16.4 Å². The number of benzene rings is 2. The molecule has 0 aromatic heterocycles. The van der Waals surface area contributed by atoms with Crippen molar-refractivity contribution in [3.63, 3.8) is 0 Å². The van der Waals surface area contributed by atoms with E-state index < -0.39 is 9.84 Å². The number of rotatable bonds is 5. The van der Waals surface area contributed by atoms with E-state index >= 15 is 0 Å². The fourth-order valence-corrected chi connectivity index (χ4v) is 7.15. The number of thioether (sulfide) groups is 1. The van der Waals surface area contributed by atoms with Gasteiger partial charge in [-0.15, -0.1) is 0 Å². The topological polar surface area (TPSA) is 96.9 Å². The normalized spacial score (nSPS) is 21.6. The second-order valence-corrected chi connectivity index (χ2v) is 10.9. The third-order valence-corrected chi connectivity index (χ3v) is 8.37. The zero-order valence-electron chi connectivity index (χ0n) is 16.1. The van der Waals surface area contributed by atoms with E-state index in [4.69, 9.17) is 16.3 Å². The van der Waals surface area contributed by atoms with Gasteiger partial charge < -0.3 is 15.4 Å². The average Bonchev–Trinajstić information content (AvgIpc) is 3.20. The zero-order valence-corrected chi connectivity index (χ0v) is 18.5. The van der Waals surface area contributed by atoms with Crippen molar-refractivity contribution < 1.29 is 17.9 Å². The first-order chi connectivity index (χ1) is 14.3. The van der Waals surface area contributed by atoms with Gasteiger partial charge in [0.25, 0.3) is 5.91 Å². The van der Waals surface area contributed by atoms with Crippen LogP contribution in [0.3, 0.4) is 0 Å². The number of fused-ring (bicyclic) bond motifs is 1. The second kappa shape index (κ2) is 8.49. The molecule has 1 amide bonds. The molecule has 2 atom stereocenters. The molecule has 0 aliphatic carbocycles. The number of nitrogens with one attached hydrogen (secondary N) is 2. The highest BCUT2D eigenvalue weighted by Crippen LogP contribution is 2.35. The van der Waals surface area contributed by atoms with Gasteiger partial charge in [0.15, 0.2) is 15.0 Å². The lowest BCUT2D eigenvalue weighted by Gasteiger charge is -2.11. The molecule has 0 bridgehead atoms. The van der Waals surface area contributed by atoms with E-state index in [0.717, 1.165) is 11.3 Å². The summed E-state index contributed by atoms with van der Waals surface area (Å²) in [5.41, 5.74) is 1.97. The molecule has 2 aromatic rings. The van der Waals surface area contributed by atoms with Gasteiger partial charge in [-0.2, -0.15) is 0 Å². The Labute approximate surface area is 184 Å². The predicted molar refractivity (Wildman–Crippen MR) is 120 cm³/mol. The highest BCUT2D eigenvalue weighted by atomic mass is 35.5. The molecule has 2 aliphatic rings. The fraction of sp³-hybridized carbons (Fsp3) is 0.300. The SMILES string of the molecule is COc1ccc(CNC(=O)c2ccc(Cl)c(NC3=N[C@@H]4CS(=O)(=O)C[C@@H]4S3)c2)cc1. The molecular formula is C20H20ClN3O4S2. The molecule has 0 unspecified atom stereocenters. The molecule has 1 fully saturated rings. The number of carbonyl (C=O) groups is 1. The van der Waals surface area contributed by atoms with Crippen LogP contribution in [-0.4, -0.2) is 49.4 Å². The number of hydrogen-bond acceptors (Lipinski definition) is 7. The maximum absolute atomic E-state index is 12.6. The number of carbonyl (C=O) groups excluding carboxylic acids is 1. The van der Waals surface area contributed by atoms with Crippen LogP contribution in [0.25, 0.3) is 0 Å². The molecule has 7 nitrogen and oxygen atoms in total. The summed E-state index contributed by atoms with van der Waals surface area (Å²) in [5, 5.41) is 7.03. The van der Waals surface area contributed by atoms with Crippen LogP contribution in [0.2, 0.25) is 5.02 Å². The first kappa shape index (κ1) is 21.0. The minimum Gasteiger partial charge on any atom is -0.497 e. The average molecular weight is 466 g/mol. The molecular weight excluding hydrogens is 446 g/mol. The summed E-state index contributed by atoms with van der Waals surface area (Å²) in [5.74, 6) is 0.748. The highest BCUT2D eigenvalue weighted by molar-refractivity contribution is 8.15. The number of amidine groups is 1. The summed E-state index contributed by atoms with van der Waals surface area (Å²) in [6.07, 6.45) is 0. The Bertz CT molecular complexity index is 1100. The minimum atomic E-state index is -3.00. The van der Waals surface area contributed by atoms with Crippen molar-refractivity contribution in [1.82, 2.24) is 5.32 Å². The summed E-state index contributed by atoms with van der Waals surface area (Å²) in [6, 6.07) is 12.2. The number of hydrogen-bond donors (Lipinski definition) is 2. The molecule has 158 valence electrons. The van der Waals surface area contributed by atoms with E-state index in [1.165, 1.54) is 11.8 Å². The third-order valence-electron chi connectivity index (χ3n) is 4.90. The Morgan fingerprint density at radius 3 is 2.70 bits per heavy atom. The van der Waals surface area contributed by atoms with Crippen molar-refractivity contribution >= 4 is 50.0 Å². The monoisotopic (exact) mass is 465 g/mol. The summed E-state index contributed by atoms with van der Waals surface area (Å²) in [7, 11) is -1.40. The maximum atomic E-state index is 12.6. The Balaban J connectivity index is 1.41. The Morgan fingerprint density at radius 2 is 2.00 bits per heavy atom. The third kappa shape index (κ3) is 4.74. The van der Waals surface area contributed by atoms with Gasteiger partial charge in [-0.1, -0.05) is 35.5 Å². The molecule has 4 rings (SSSR count). The largest absolute Gasteiger partial charge is 0.497 e. The number of sulfone groups is 1. The van der Waals surface area contributed by atoms with E-state index in [1.54, 1.807) is 25.3 Å². The number of nitrogens with zero attached hydrogens (tertiary/aromatic N) is 1. The van der Waals surface area contributed by atoms with Gasteiger partial charge >= 0.3 is 0 Å². The zero-order chi connectivity index (χ0) is 21.3. The van der Waals surface area contributed by atoms with E-state index in [1.807, 2.05) is 24.3 Å². The maximum Gasteiger partial charge on any atom is 0.251 e. The number of methoxy groups -OCH3 is 1. The van der Waals surface area contributed by atoms with Crippen molar-refractivity contribution in [2.75, 3.05) is 23.9 Å². The summed E-state index contributed by atoms with van der Waals surface area (Å²) in [6.45, 7) is 0.384. The van der Waals surface area contributed by atoms with Gasteiger partial charge in [0, 0.05) is 17.4 Å². The molecule has 10 heteroatoms. The number of anilines is 1. The molecule has 2 aliphatic heterocycles. The first-order valence-corrected chi connectivity index (χ1v) is 12.3. The molecule has 2 aromatic carbocycles. The molecule has 1 saturated heterocycles. The summed E-state index contributed by atoms with van der Waals surface area (Å²) >= 11 is 7.68. The van der Waals surface area contributed by atoms with Crippen LogP contribution >= 0.6 is 23.4 Å². The van der Waals surface area contributed by atoms with Gasteiger partial charge in [-0.3, -0.25) is 9.79 Å². The van der Waals surface area contributed by atoms with Crippen molar-refractivity contribution in [2.45, 2.75) is 17.8 Å².